The molecule has 4 heteroatoms. The third kappa shape index (κ3) is 2.08. The number of hydrogen-bond acceptors (Lipinski definition) is 3. The van der Waals surface area contributed by atoms with Crippen LogP contribution < -0.4 is 10.1 Å². The highest BCUT2D eigenvalue weighted by Gasteiger charge is 2.28. The van der Waals surface area contributed by atoms with Gasteiger partial charge in [-0.1, -0.05) is 30.3 Å². The maximum Gasteiger partial charge on any atom is 0.270 e. The third-order valence-corrected chi connectivity index (χ3v) is 2.98. The Balaban J connectivity index is 1.96. The number of carbonyl (C=O) groups is 2. The number of hydrogen-bond donors (Lipinski definition) is 1. The van der Waals surface area contributed by atoms with Gasteiger partial charge in [0, 0.05) is 11.1 Å². The van der Waals surface area contributed by atoms with Crippen LogP contribution in [0.1, 0.15) is 22.0 Å². The molecular weight excluding hydrogens is 242 g/mol. The Morgan fingerprint density at radius 3 is 2.63 bits per heavy atom. The van der Waals surface area contributed by atoms with Gasteiger partial charge in [-0.2, -0.15) is 0 Å². The summed E-state index contributed by atoms with van der Waals surface area (Å²) in [5, 5.41) is 2.76. The zero-order valence-electron chi connectivity index (χ0n) is 10.00. The quantitative estimate of drug-likeness (QED) is 0.837. The smallest absolute Gasteiger partial charge is 0.270 e. The predicted molar refractivity (Wildman–Crippen MR) is 70.3 cm³/mol. The van der Waals surface area contributed by atoms with Gasteiger partial charge in [0.05, 0.1) is 5.69 Å². The minimum absolute atomic E-state index is 0.234. The molecule has 1 aliphatic heterocycles. The van der Waals surface area contributed by atoms with E-state index in [1.165, 1.54) is 0 Å². The molecular formula is C15H11NO3. The fourth-order valence-electron chi connectivity index (χ4n) is 2.05. The van der Waals surface area contributed by atoms with E-state index in [1.54, 1.807) is 18.2 Å². The molecule has 0 aliphatic carbocycles. The van der Waals surface area contributed by atoms with Crippen LogP contribution in [-0.4, -0.2) is 12.2 Å². The van der Waals surface area contributed by atoms with Crippen LogP contribution in [0.3, 0.4) is 0 Å². The number of nitrogens with one attached hydrogen (secondary N) is 1. The van der Waals surface area contributed by atoms with E-state index in [9.17, 15) is 9.59 Å². The second-order valence-corrected chi connectivity index (χ2v) is 4.27. The lowest BCUT2D eigenvalue weighted by Gasteiger charge is -2.26. The zero-order chi connectivity index (χ0) is 13.2. The largest absolute Gasteiger partial charge is 0.474 e. The van der Waals surface area contributed by atoms with Gasteiger partial charge in [-0.3, -0.25) is 9.59 Å². The van der Waals surface area contributed by atoms with Gasteiger partial charge in [-0.25, -0.2) is 0 Å². The molecule has 0 fully saturated rings. The number of benzene rings is 2. The summed E-state index contributed by atoms with van der Waals surface area (Å²) < 4.78 is 5.70. The van der Waals surface area contributed by atoms with Gasteiger partial charge in [0.25, 0.3) is 5.91 Å². The van der Waals surface area contributed by atoms with E-state index >= 15 is 0 Å². The topological polar surface area (TPSA) is 55.4 Å². The van der Waals surface area contributed by atoms with Crippen LogP contribution in [0.4, 0.5) is 5.69 Å². The number of fused-ring (bicyclic) bond motifs is 1. The summed E-state index contributed by atoms with van der Waals surface area (Å²) in [7, 11) is 0. The van der Waals surface area contributed by atoms with Crippen LogP contribution in [0.25, 0.3) is 0 Å². The minimum atomic E-state index is -0.657. The molecule has 0 spiro atoms. The molecule has 0 bridgehead atoms. The lowest BCUT2D eigenvalue weighted by Crippen LogP contribution is -2.30. The van der Waals surface area contributed by atoms with Crippen molar-refractivity contribution in [2.75, 3.05) is 5.32 Å². The average Bonchev–Trinajstić information content (AvgIpc) is 2.47. The molecule has 0 saturated carbocycles. The van der Waals surface area contributed by atoms with Crippen molar-refractivity contribution >= 4 is 17.9 Å². The van der Waals surface area contributed by atoms with Crippen molar-refractivity contribution in [3.63, 3.8) is 0 Å². The molecule has 0 aromatic heterocycles. The summed E-state index contributed by atoms with van der Waals surface area (Å²) in [6, 6.07) is 14.2. The highest BCUT2D eigenvalue weighted by Crippen LogP contribution is 2.35. The Bertz CT molecular complexity index is 637. The first-order valence-corrected chi connectivity index (χ1v) is 5.89. The number of ether oxygens (including phenoxy) is 1. The Morgan fingerprint density at radius 2 is 1.89 bits per heavy atom. The van der Waals surface area contributed by atoms with Crippen molar-refractivity contribution in [2.24, 2.45) is 0 Å². The van der Waals surface area contributed by atoms with E-state index in [-0.39, 0.29) is 5.91 Å². The van der Waals surface area contributed by atoms with Gasteiger partial charge in [0.1, 0.15) is 12.0 Å². The highest BCUT2D eigenvalue weighted by molar-refractivity contribution is 5.99. The van der Waals surface area contributed by atoms with E-state index < -0.39 is 6.10 Å². The van der Waals surface area contributed by atoms with Crippen molar-refractivity contribution < 1.29 is 14.3 Å². The standard InChI is InChI=1S/C15H11NO3/c17-9-10-6-7-13-12(8-10)16-15(18)14(19-13)11-4-2-1-3-5-11/h1-9,14H,(H,16,18). The van der Waals surface area contributed by atoms with E-state index in [0.29, 0.717) is 17.0 Å². The van der Waals surface area contributed by atoms with Crippen molar-refractivity contribution in [2.45, 2.75) is 6.10 Å². The lowest BCUT2D eigenvalue weighted by atomic mass is 10.1. The van der Waals surface area contributed by atoms with Crippen LogP contribution in [0.2, 0.25) is 0 Å². The van der Waals surface area contributed by atoms with Gasteiger partial charge in [0.2, 0.25) is 6.10 Å². The van der Waals surface area contributed by atoms with Crippen LogP contribution >= 0.6 is 0 Å². The average molecular weight is 253 g/mol. The third-order valence-electron chi connectivity index (χ3n) is 2.98. The van der Waals surface area contributed by atoms with Crippen LogP contribution in [0.15, 0.2) is 48.5 Å². The summed E-state index contributed by atoms with van der Waals surface area (Å²) in [6.45, 7) is 0. The molecule has 4 nitrogen and oxygen atoms in total. The van der Waals surface area contributed by atoms with Gasteiger partial charge in [0.15, 0.2) is 0 Å². The highest BCUT2D eigenvalue weighted by atomic mass is 16.5. The minimum Gasteiger partial charge on any atom is -0.474 e. The normalized spacial score (nSPS) is 17.1. The molecule has 1 unspecified atom stereocenters. The molecule has 19 heavy (non-hydrogen) atoms. The van der Waals surface area contributed by atoms with Gasteiger partial charge in [-0.15, -0.1) is 0 Å². The maximum atomic E-state index is 12.0. The van der Waals surface area contributed by atoms with E-state index in [0.717, 1.165) is 11.8 Å². The Morgan fingerprint density at radius 1 is 1.11 bits per heavy atom. The predicted octanol–water partition coefficient (Wildman–Crippen LogP) is 2.57. The van der Waals surface area contributed by atoms with Crippen LogP contribution in [-0.2, 0) is 4.79 Å². The molecule has 2 aromatic carbocycles. The van der Waals surface area contributed by atoms with Gasteiger partial charge in [-0.05, 0) is 18.2 Å². The lowest BCUT2D eigenvalue weighted by molar-refractivity contribution is -0.123. The fourth-order valence-corrected chi connectivity index (χ4v) is 2.05. The molecule has 3 rings (SSSR count). The summed E-state index contributed by atoms with van der Waals surface area (Å²) in [6.07, 6.45) is 0.0752. The van der Waals surface area contributed by atoms with Crippen molar-refractivity contribution in [1.29, 1.82) is 0 Å². The number of amides is 1. The molecule has 94 valence electrons. The molecule has 1 N–H and O–H groups in total. The summed E-state index contributed by atoms with van der Waals surface area (Å²) in [5.74, 6) is 0.334. The molecule has 1 aliphatic rings. The summed E-state index contributed by atoms with van der Waals surface area (Å²) >= 11 is 0. The maximum absolute atomic E-state index is 12.0. The number of carbonyl (C=O) groups excluding carboxylic acids is 2. The Kier molecular flexibility index (Phi) is 2.76. The second kappa shape index (κ2) is 4.57. The van der Waals surface area contributed by atoms with Gasteiger partial charge >= 0.3 is 0 Å². The van der Waals surface area contributed by atoms with Crippen molar-refractivity contribution in [1.82, 2.24) is 0 Å². The Hall–Kier alpha value is -2.62. The first kappa shape index (κ1) is 11.5. The number of aldehydes is 1. The fraction of sp³-hybridized carbons (Fsp3) is 0.0667. The number of rotatable bonds is 2. The molecule has 0 saturated heterocycles. The second-order valence-electron chi connectivity index (χ2n) is 4.27. The van der Waals surface area contributed by atoms with Crippen molar-refractivity contribution in [3.8, 4) is 5.75 Å². The Labute approximate surface area is 110 Å². The first-order valence-electron chi connectivity index (χ1n) is 5.89. The van der Waals surface area contributed by atoms with Crippen LogP contribution in [0, 0.1) is 0 Å². The number of anilines is 1. The first-order chi connectivity index (χ1) is 9.28. The summed E-state index contributed by atoms with van der Waals surface area (Å²) in [4.78, 5) is 22.7. The monoisotopic (exact) mass is 253 g/mol. The van der Waals surface area contributed by atoms with E-state index in [2.05, 4.69) is 5.32 Å². The van der Waals surface area contributed by atoms with E-state index in [4.69, 9.17) is 4.74 Å². The molecule has 0 radical (unpaired) electrons. The van der Waals surface area contributed by atoms with E-state index in [1.807, 2.05) is 30.3 Å². The summed E-state index contributed by atoms with van der Waals surface area (Å²) in [5.41, 5.74) is 1.83. The van der Waals surface area contributed by atoms with Crippen molar-refractivity contribution in [3.05, 3.63) is 59.7 Å². The SMILES string of the molecule is O=Cc1ccc2c(c1)NC(=O)C(c1ccccc1)O2. The molecule has 2 aromatic rings. The zero-order valence-corrected chi connectivity index (χ0v) is 10.00. The molecule has 1 atom stereocenters. The van der Waals surface area contributed by atoms with Gasteiger partial charge < -0.3 is 10.1 Å². The molecule has 1 heterocycles. The van der Waals surface area contributed by atoms with Crippen LogP contribution in [0.5, 0.6) is 5.75 Å². The molecule has 1 amide bonds.